The lowest BCUT2D eigenvalue weighted by Gasteiger charge is -2.26. The summed E-state index contributed by atoms with van der Waals surface area (Å²) < 4.78 is 27.4. The van der Waals surface area contributed by atoms with E-state index in [0.29, 0.717) is 18.4 Å². The first-order chi connectivity index (χ1) is 19.6. The van der Waals surface area contributed by atoms with Crippen molar-refractivity contribution >= 4 is 27.3 Å². The highest BCUT2D eigenvalue weighted by Crippen LogP contribution is 2.36. The summed E-state index contributed by atoms with van der Waals surface area (Å²) in [4.78, 5) is 29.2. The van der Waals surface area contributed by atoms with Crippen LogP contribution in [0, 0.1) is 11.8 Å². The zero-order chi connectivity index (χ0) is 29.6. The molecule has 0 radical (unpaired) electrons. The van der Waals surface area contributed by atoms with Gasteiger partial charge in [0.1, 0.15) is 0 Å². The molecule has 3 aromatic carbocycles. The molecule has 0 aromatic heterocycles. The first-order valence-electron chi connectivity index (χ1n) is 14.2. The lowest BCUT2D eigenvalue weighted by atomic mass is 10.1. The highest BCUT2D eigenvalue weighted by molar-refractivity contribution is 7.91. The minimum Gasteiger partial charge on any atom is -0.352 e. The molecule has 0 saturated carbocycles. The molecule has 1 aliphatic heterocycles. The SMILES string of the molecule is CC(C)CN(CCCNC(=O)c1ccc2c(c1)N(NCc1ccccc1)C(=O)c1ccccc1S2(=O)=O)CC(C)C. The van der Waals surface area contributed by atoms with Crippen LogP contribution in [0.4, 0.5) is 5.69 Å². The van der Waals surface area contributed by atoms with Gasteiger partial charge in [-0.1, -0.05) is 70.2 Å². The molecular weight excluding hydrogens is 536 g/mol. The third-order valence-corrected chi connectivity index (χ3v) is 8.69. The summed E-state index contributed by atoms with van der Waals surface area (Å²) in [7, 11) is -4.02. The lowest BCUT2D eigenvalue weighted by Crippen LogP contribution is -2.43. The summed E-state index contributed by atoms with van der Waals surface area (Å²) in [6.07, 6.45) is 0.795. The van der Waals surface area contributed by atoms with E-state index in [0.717, 1.165) is 31.6 Å². The van der Waals surface area contributed by atoms with Gasteiger partial charge in [-0.15, -0.1) is 0 Å². The average Bonchev–Trinajstić information content (AvgIpc) is 3.01. The molecule has 0 bridgehead atoms. The van der Waals surface area contributed by atoms with Crippen molar-refractivity contribution in [1.29, 1.82) is 0 Å². The van der Waals surface area contributed by atoms with E-state index in [1.54, 1.807) is 12.1 Å². The largest absolute Gasteiger partial charge is 0.352 e. The minimum atomic E-state index is -4.02. The highest BCUT2D eigenvalue weighted by Gasteiger charge is 2.36. The van der Waals surface area contributed by atoms with Crippen LogP contribution in [-0.2, 0) is 16.4 Å². The van der Waals surface area contributed by atoms with Crippen LogP contribution in [-0.4, -0.2) is 51.3 Å². The molecule has 2 N–H and O–H groups in total. The Kier molecular flexibility index (Phi) is 9.96. The molecule has 3 aromatic rings. The predicted octanol–water partition coefficient (Wildman–Crippen LogP) is 4.92. The van der Waals surface area contributed by atoms with Gasteiger partial charge in [0.2, 0.25) is 9.84 Å². The number of nitrogens with zero attached hydrogens (tertiary/aromatic N) is 2. The fourth-order valence-corrected chi connectivity index (χ4v) is 6.72. The Balaban J connectivity index is 1.57. The Morgan fingerprint density at radius 1 is 0.878 bits per heavy atom. The number of rotatable bonds is 12. The molecule has 0 spiro atoms. The van der Waals surface area contributed by atoms with E-state index < -0.39 is 15.7 Å². The third kappa shape index (κ3) is 7.41. The molecule has 41 heavy (non-hydrogen) atoms. The van der Waals surface area contributed by atoms with Crippen molar-refractivity contribution in [3.8, 4) is 0 Å². The maximum Gasteiger partial charge on any atom is 0.274 e. The van der Waals surface area contributed by atoms with E-state index in [1.165, 1.54) is 35.3 Å². The molecule has 0 aliphatic carbocycles. The molecule has 1 aliphatic rings. The van der Waals surface area contributed by atoms with Crippen LogP contribution >= 0.6 is 0 Å². The molecule has 0 unspecified atom stereocenters. The van der Waals surface area contributed by atoms with E-state index in [9.17, 15) is 18.0 Å². The minimum absolute atomic E-state index is 0.0362. The van der Waals surface area contributed by atoms with Gasteiger partial charge in [0.15, 0.2) is 0 Å². The molecule has 2 amide bonds. The first kappa shape index (κ1) is 30.4. The maximum atomic E-state index is 13.7. The first-order valence-corrected chi connectivity index (χ1v) is 15.7. The van der Waals surface area contributed by atoms with Crippen LogP contribution in [0.15, 0.2) is 82.6 Å². The summed E-state index contributed by atoms with van der Waals surface area (Å²) in [5.74, 6) is 0.298. The molecule has 0 atom stereocenters. The molecule has 1 heterocycles. The number of hydrogen-bond donors (Lipinski definition) is 2. The van der Waals surface area contributed by atoms with Gasteiger partial charge in [0.25, 0.3) is 11.8 Å². The zero-order valence-corrected chi connectivity index (χ0v) is 25.1. The van der Waals surface area contributed by atoms with Gasteiger partial charge in [-0.3, -0.25) is 9.59 Å². The Morgan fingerprint density at radius 2 is 1.54 bits per heavy atom. The maximum absolute atomic E-state index is 13.7. The van der Waals surface area contributed by atoms with Gasteiger partial charge in [0, 0.05) is 31.7 Å². The van der Waals surface area contributed by atoms with Gasteiger partial charge in [0.05, 0.1) is 21.0 Å². The Hall–Kier alpha value is -3.53. The van der Waals surface area contributed by atoms with Gasteiger partial charge in [-0.2, -0.15) is 0 Å². The molecule has 4 rings (SSSR count). The molecular formula is C32H40N4O4S. The van der Waals surface area contributed by atoms with Gasteiger partial charge < -0.3 is 10.2 Å². The topological polar surface area (TPSA) is 98.8 Å². The number of nitrogens with one attached hydrogen (secondary N) is 2. The number of carbonyl (C=O) groups is 2. The number of hydrogen-bond acceptors (Lipinski definition) is 6. The van der Waals surface area contributed by atoms with Crippen LogP contribution in [0.3, 0.4) is 0 Å². The Labute approximate surface area is 243 Å². The van der Waals surface area contributed by atoms with Gasteiger partial charge in [-0.05, 0) is 60.7 Å². The van der Waals surface area contributed by atoms with E-state index in [1.807, 2.05) is 30.3 Å². The average molecular weight is 577 g/mol. The lowest BCUT2D eigenvalue weighted by molar-refractivity contribution is 0.0945. The molecule has 0 fully saturated rings. The van der Waals surface area contributed by atoms with Crippen LogP contribution in [0.25, 0.3) is 0 Å². The molecule has 218 valence electrons. The second kappa shape index (κ2) is 13.4. The quantitative estimate of drug-likeness (QED) is 0.297. The number of sulfone groups is 1. The van der Waals surface area contributed by atoms with Crippen LogP contribution in [0.2, 0.25) is 0 Å². The number of amides is 2. The fourth-order valence-electron chi connectivity index (χ4n) is 5.11. The Bertz CT molecular complexity index is 1460. The second-order valence-electron chi connectivity index (χ2n) is 11.3. The van der Waals surface area contributed by atoms with Crippen LogP contribution < -0.4 is 15.8 Å². The van der Waals surface area contributed by atoms with Crippen molar-refractivity contribution in [2.75, 3.05) is 31.2 Å². The smallest absolute Gasteiger partial charge is 0.274 e. The van der Waals surface area contributed by atoms with Gasteiger partial charge >= 0.3 is 0 Å². The summed E-state index contributed by atoms with van der Waals surface area (Å²) in [6.45, 7) is 12.5. The summed E-state index contributed by atoms with van der Waals surface area (Å²) in [5, 5.41) is 4.21. The summed E-state index contributed by atoms with van der Waals surface area (Å²) in [6, 6.07) is 20.1. The van der Waals surface area contributed by atoms with Crippen molar-refractivity contribution in [1.82, 2.24) is 15.6 Å². The van der Waals surface area contributed by atoms with Crippen LogP contribution in [0.1, 0.15) is 60.4 Å². The number of carbonyl (C=O) groups excluding carboxylic acids is 2. The fraction of sp³-hybridized carbons (Fsp3) is 0.375. The molecule has 8 nitrogen and oxygen atoms in total. The number of fused-ring (bicyclic) bond motifs is 2. The van der Waals surface area contributed by atoms with E-state index in [-0.39, 0.29) is 39.1 Å². The summed E-state index contributed by atoms with van der Waals surface area (Å²) in [5.41, 5.74) is 4.50. The third-order valence-electron chi connectivity index (χ3n) is 6.83. The van der Waals surface area contributed by atoms with Crippen molar-refractivity contribution < 1.29 is 18.0 Å². The van der Waals surface area contributed by atoms with Gasteiger partial charge in [-0.25, -0.2) is 18.9 Å². The number of hydrazine groups is 1. The number of anilines is 1. The Morgan fingerprint density at radius 3 is 2.22 bits per heavy atom. The second-order valence-corrected chi connectivity index (χ2v) is 13.2. The number of benzene rings is 3. The van der Waals surface area contributed by atoms with E-state index >= 15 is 0 Å². The van der Waals surface area contributed by atoms with Crippen molar-refractivity contribution in [2.45, 2.75) is 50.5 Å². The standard InChI is InChI=1S/C32H40N4O4S/c1-23(2)21-35(22-24(3)4)18-10-17-33-31(37)26-15-16-30-28(19-26)36(34-20-25-11-6-5-7-12-25)32(38)27-13-8-9-14-29(27)41(30,39)40/h5-9,11-16,19,23-24,34H,10,17-18,20-22H2,1-4H3,(H,33,37). The van der Waals surface area contributed by atoms with Crippen LogP contribution in [0.5, 0.6) is 0 Å². The monoisotopic (exact) mass is 576 g/mol. The highest BCUT2D eigenvalue weighted by atomic mass is 32.2. The molecule has 9 heteroatoms. The summed E-state index contributed by atoms with van der Waals surface area (Å²) >= 11 is 0. The van der Waals surface area contributed by atoms with E-state index in [4.69, 9.17) is 0 Å². The normalized spacial score (nSPS) is 14.2. The van der Waals surface area contributed by atoms with E-state index in [2.05, 4.69) is 43.3 Å². The predicted molar refractivity (Wildman–Crippen MR) is 161 cm³/mol. The molecule has 0 saturated heterocycles. The van der Waals surface area contributed by atoms with Crippen molar-refractivity contribution in [2.24, 2.45) is 11.8 Å². The zero-order valence-electron chi connectivity index (χ0n) is 24.3. The van der Waals surface area contributed by atoms with Crippen molar-refractivity contribution in [3.05, 3.63) is 89.5 Å². The van der Waals surface area contributed by atoms with Crippen molar-refractivity contribution in [3.63, 3.8) is 0 Å².